The zero-order chi connectivity index (χ0) is 14.4. The normalized spacial score (nSPS) is 24.6. The predicted molar refractivity (Wildman–Crippen MR) is 78.8 cm³/mol. The fourth-order valence-corrected chi connectivity index (χ4v) is 4.47. The predicted octanol–water partition coefficient (Wildman–Crippen LogP) is 0.275. The largest absolute Gasteiger partial charge is 0.380 e. The Bertz CT molecular complexity index is 372. The van der Waals surface area contributed by atoms with Crippen LogP contribution in [0.15, 0.2) is 0 Å². The number of rotatable bonds is 5. The third kappa shape index (κ3) is 4.14. The van der Waals surface area contributed by atoms with E-state index in [0.717, 1.165) is 32.4 Å². The van der Waals surface area contributed by atoms with Crippen molar-refractivity contribution in [2.45, 2.75) is 26.2 Å². The summed E-state index contributed by atoms with van der Waals surface area (Å²) >= 11 is 0. The van der Waals surface area contributed by atoms with Crippen LogP contribution >= 0.6 is 0 Å². The maximum Gasteiger partial charge on any atom is 0.282 e. The Morgan fingerprint density at radius 1 is 1.10 bits per heavy atom. The van der Waals surface area contributed by atoms with E-state index in [9.17, 15) is 8.42 Å². The minimum absolute atomic E-state index is 0.486. The summed E-state index contributed by atoms with van der Waals surface area (Å²) in [5.74, 6) is 0.605. The molecule has 0 spiro atoms. The molecule has 2 saturated heterocycles. The Balaban J connectivity index is 1.87. The highest BCUT2D eigenvalue weighted by molar-refractivity contribution is 7.86. The van der Waals surface area contributed by atoms with E-state index in [1.807, 2.05) is 0 Å². The summed E-state index contributed by atoms with van der Waals surface area (Å²) in [5.41, 5.74) is 0. The van der Waals surface area contributed by atoms with Gasteiger partial charge in [-0.1, -0.05) is 6.92 Å². The fourth-order valence-electron chi connectivity index (χ4n) is 2.81. The van der Waals surface area contributed by atoms with Crippen molar-refractivity contribution >= 4 is 10.2 Å². The van der Waals surface area contributed by atoms with Crippen molar-refractivity contribution < 1.29 is 13.2 Å². The lowest BCUT2D eigenvalue weighted by atomic mass is 9.98. The van der Waals surface area contributed by atoms with Crippen LogP contribution in [0, 0.1) is 5.92 Å². The van der Waals surface area contributed by atoms with Crippen LogP contribution < -0.4 is 5.32 Å². The average molecular weight is 305 g/mol. The molecule has 2 fully saturated rings. The molecule has 2 heterocycles. The highest BCUT2D eigenvalue weighted by Crippen LogP contribution is 2.21. The van der Waals surface area contributed by atoms with Crippen molar-refractivity contribution in [1.82, 2.24) is 13.9 Å². The first-order valence-electron chi connectivity index (χ1n) is 7.68. The summed E-state index contributed by atoms with van der Waals surface area (Å²) in [5, 5.41) is 3.35. The van der Waals surface area contributed by atoms with Gasteiger partial charge in [-0.15, -0.1) is 0 Å². The van der Waals surface area contributed by atoms with Crippen LogP contribution in [0.4, 0.5) is 0 Å². The second kappa shape index (κ2) is 7.70. The van der Waals surface area contributed by atoms with Crippen molar-refractivity contribution in [3.05, 3.63) is 0 Å². The Hall–Kier alpha value is -0.210. The minimum Gasteiger partial charge on any atom is -0.380 e. The second-order valence-electron chi connectivity index (χ2n) is 5.52. The van der Waals surface area contributed by atoms with Gasteiger partial charge in [0.05, 0.1) is 6.61 Å². The topological polar surface area (TPSA) is 61.9 Å². The standard InChI is InChI=1S/C13H27N3O3S/c1-2-14-12-13-4-7-16(8-5-13)20(17,18)15-6-3-10-19-11-9-15/h13-14H,2-12H2,1H3. The molecule has 0 aromatic rings. The van der Waals surface area contributed by atoms with Gasteiger partial charge in [-0.3, -0.25) is 0 Å². The van der Waals surface area contributed by atoms with Crippen LogP contribution in [-0.4, -0.2) is 69.5 Å². The molecule has 0 unspecified atom stereocenters. The molecule has 2 aliphatic rings. The number of nitrogens with one attached hydrogen (secondary N) is 1. The summed E-state index contributed by atoms with van der Waals surface area (Å²) in [4.78, 5) is 0. The molecule has 0 bridgehead atoms. The number of nitrogens with zero attached hydrogens (tertiary/aromatic N) is 2. The van der Waals surface area contributed by atoms with Gasteiger partial charge >= 0.3 is 0 Å². The molecular formula is C13H27N3O3S. The molecule has 1 N–H and O–H groups in total. The van der Waals surface area contributed by atoms with Crippen molar-refractivity contribution in [2.24, 2.45) is 5.92 Å². The Morgan fingerprint density at radius 2 is 1.80 bits per heavy atom. The van der Waals surface area contributed by atoms with Crippen molar-refractivity contribution in [1.29, 1.82) is 0 Å². The summed E-state index contributed by atoms with van der Waals surface area (Å²) in [6.45, 7) is 7.62. The molecule has 0 aromatic heterocycles. The van der Waals surface area contributed by atoms with E-state index in [2.05, 4.69) is 12.2 Å². The molecule has 2 aliphatic heterocycles. The van der Waals surface area contributed by atoms with Gasteiger partial charge in [0.15, 0.2) is 0 Å². The second-order valence-corrected chi connectivity index (χ2v) is 7.45. The molecule has 0 aromatic carbocycles. The van der Waals surface area contributed by atoms with Crippen LogP contribution in [0.5, 0.6) is 0 Å². The van der Waals surface area contributed by atoms with Gasteiger partial charge in [-0.2, -0.15) is 17.0 Å². The lowest BCUT2D eigenvalue weighted by Gasteiger charge is -2.34. The SMILES string of the molecule is CCNCC1CCN(S(=O)(=O)N2CCCOCC2)CC1. The Labute approximate surface area is 122 Å². The Kier molecular flexibility index (Phi) is 6.22. The lowest BCUT2D eigenvalue weighted by Crippen LogP contribution is -2.48. The van der Waals surface area contributed by atoms with Crippen molar-refractivity contribution in [2.75, 3.05) is 52.5 Å². The maximum absolute atomic E-state index is 12.6. The third-order valence-electron chi connectivity index (χ3n) is 4.09. The van der Waals surface area contributed by atoms with E-state index in [-0.39, 0.29) is 0 Å². The molecule has 0 radical (unpaired) electrons. The first kappa shape index (κ1) is 16.2. The maximum atomic E-state index is 12.6. The zero-order valence-corrected chi connectivity index (χ0v) is 13.2. The highest BCUT2D eigenvalue weighted by atomic mass is 32.2. The smallest absolute Gasteiger partial charge is 0.282 e. The van der Waals surface area contributed by atoms with E-state index in [1.54, 1.807) is 8.61 Å². The molecule has 0 amide bonds. The molecule has 7 heteroatoms. The van der Waals surface area contributed by atoms with Crippen molar-refractivity contribution in [3.63, 3.8) is 0 Å². The first-order chi connectivity index (χ1) is 9.64. The van der Waals surface area contributed by atoms with Crippen molar-refractivity contribution in [3.8, 4) is 0 Å². The Morgan fingerprint density at radius 3 is 2.50 bits per heavy atom. The van der Waals surface area contributed by atoms with E-state index >= 15 is 0 Å². The molecule has 118 valence electrons. The fraction of sp³-hybridized carbons (Fsp3) is 1.00. The molecule has 20 heavy (non-hydrogen) atoms. The zero-order valence-electron chi connectivity index (χ0n) is 12.4. The number of hydrogen-bond acceptors (Lipinski definition) is 4. The van der Waals surface area contributed by atoms with E-state index in [0.29, 0.717) is 45.3 Å². The van der Waals surface area contributed by atoms with E-state index in [4.69, 9.17) is 4.74 Å². The molecular weight excluding hydrogens is 278 g/mol. The lowest BCUT2D eigenvalue weighted by molar-refractivity contribution is 0.147. The van der Waals surface area contributed by atoms with Crippen LogP contribution in [0.1, 0.15) is 26.2 Å². The van der Waals surface area contributed by atoms with Crippen LogP contribution in [-0.2, 0) is 14.9 Å². The summed E-state index contributed by atoms with van der Waals surface area (Å²) in [6.07, 6.45) is 2.70. The van der Waals surface area contributed by atoms with Crippen LogP contribution in [0.3, 0.4) is 0 Å². The quantitative estimate of drug-likeness (QED) is 0.792. The van der Waals surface area contributed by atoms with E-state index < -0.39 is 10.2 Å². The van der Waals surface area contributed by atoms with Crippen LogP contribution in [0.2, 0.25) is 0 Å². The van der Waals surface area contributed by atoms with Gasteiger partial charge in [0.2, 0.25) is 0 Å². The molecule has 0 aliphatic carbocycles. The molecule has 0 saturated carbocycles. The highest BCUT2D eigenvalue weighted by Gasteiger charge is 2.32. The van der Waals surface area contributed by atoms with Gasteiger partial charge in [0.25, 0.3) is 10.2 Å². The monoisotopic (exact) mass is 305 g/mol. The average Bonchev–Trinajstić information content (AvgIpc) is 2.75. The van der Waals surface area contributed by atoms with Gasteiger partial charge < -0.3 is 10.1 Å². The van der Waals surface area contributed by atoms with Gasteiger partial charge in [-0.05, 0) is 38.3 Å². The summed E-state index contributed by atoms with van der Waals surface area (Å²) in [6, 6.07) is 0. The summed E-state index contributed by atoms with van der Waals surface area (Å²) < 4.78 is 33.8. The van der Waals surface area contributed by atoms with Gasteiger partial charge in [-0.25, -0.2) is 0 Å². The molecule has 6 nitrogen and oxygen atoms in total. The van der Waals surface area contributed by atoms with E-state index in [1.165, 1.54) is 0 Å². The minimum atomic E-state index is -3.29. The summed E-state index contributed by atoms with van der Waals surface area (Å²) in [7, 11) is -3.29. The molecule has 0 atom stereocenters. The third-order valence-corrected chi connectivity index (χ3v) is 6.13. The number of hydrogen-bond donors (Lipinski definition) is 1. The van der Waals surface area contributed by atoms with Gasteiger partial charge in [0, 0.05) is 32.8 Å². The van der Waals surface area contributed by atoms with Crippen LogP contribution in [0.25, 0.3) is 0 Å². The number of piperidine rings is 1. The van der Waals surface area contributed by atoms with Gasteiger partial charge in [0.1, 0.15) is 0 Å². The molecule has 2 rings (SSSR count). The number of ether oxygens (including phenoxy) is 1. The first-order valence-corrected chi connectivity index (χ1v) is 9.08.